The minimum absolute atomic E-state index is 0.0573. The first-order chi connectivity index (χ1) is 10.1. The van der Waals surface area contributed by atoms with Gasteiger partial charge in [-0.1, -0.05) is 27.5 Å². The highest BCUT2D eigenvalue weighted by atomic mass is 79.9. The molecule has 3 rings (SSSR count). The largest absolute Gasteiger partial charge is 0.337 e. The zero-order valence-electron chi connectivity index (χ0n) is 11.9. The molecular weight excluding hydrogens is 352 g/mol. The fourth-order valence-electron chi connectivity index (χ4n) is 2.86. The smallest absolute Gasteiger partial charge is 0.255 e. The van der Waals surface area contributed by atoms with Gasteiger partial charge in [0.2, 0.25) is 0 Å². The van der Waals surface area contributed by atoms with Crippen LogP contribution in [0.15, 0.2) is 22.7 Å². The van der Waals surface area contributed by atoms with Gasteiger partial charge in [-0.25, -0.2) is 0 Å². The molecule has 2 fully saturated rings. The Labute approximate surface area is 139 Å². The Morgan fingerprint density at radius 1 is 1.33 bits per heavy atom. The quantitative estimate of drug-likeness (QED) is 0.856. The average Bonchev–Trinajstić information content (AvgIpc) is 3.13. The summed E-state index contributed by atoms with van der Waals surface area (Å²) in [6, 6.07) is 5.90. The summed E-state index contributed by atoms with van der Waals surface area (Å²) >= 11 is 9.64. The van der Waals surface area contributed by atoms with E-state index in [1.165, 1.54) is 19.3 Å². The van der Waals surface area contributed by atoms with E-state index in [1.807, 2.05) is 17.0 Å². The van der Waals surface area contributed by atoms with E-state index in [0.29, 0.717) is 22.5 Å². The second kappa shape index (κ2) is 6.67. The van der Waals surface area contributed by atoms with E-state index in [4.69, 9.17) is 11.6 Å². The molecule has 2 aliphatic rings. The molecule has 1 atom stereocenters. The topological polar surface area (TPSA) is 32.3 Å². The van der Waals surface area contributed by atoms with Crippen LogP contribution >= 0.6 is 27.5 Å². The normalized spacial score (nSPS) is 21.5. The number of carbonyl (C=O) groups excluding carboxylic acids is 1. The molecule has 0 bridgehead atoms. The Morgan fingerprint density at radius 2 is 2.14 bits per heavy atom. The molecule has 1 amide bonds. The molecule has 1 aliphatic carbocycles. The molecule has 1 N–H and O–H groups in total. The van der Waals surface area contributed by atoms with Crippen molar-refractivity contribution in [2.24, 2.45) is 5.92 Å². The van der Waals surface area contributed by atoms with Crippen molar-refractivity contribution in [2.75, 3.05) is 19.6 Å². The van der Waals surface area contributed by atoms with Crippen LogP contribution in [-0.2, 0) is 0 Å². The number of hydrogen-bond donors (Lipinski definition) is 1. The molecule has 1 heterocycles. The Kier molecular flexibility index (Phi) is 4.87. The molecule has 1 unspecified atom stereocenters. The summed E-state index contributed by atoms with van der Waals surface area (Å²) in [7, 11) is 0. The van der Waals surface area contributed by atoms with Crippen LogP contribution in [-0.4, -0.2) is 36.5 Å². The Morgan fingerprint density at radius 3 is 2.81 bits per heavy atom. The lowest BCUT2D eigenvalue weighted by Gasteiger charge is -2.26. The van der Waals surface area contributed by atoms with Gasteiger partial charge >= 0.3 is 0 Å². The predicted molar refractivity (Wildman–Crippen MR) is 88.8 cm³/mol. The SMILES string of the molecule is O=C(c1cc(Br)ccc1Cl)N(CC1CC1)CC1CCCN1. The van der Waals surface area contributed by atoms with Crippen molar-refractivity contribution in [1.82, 2.24) is 10.2 Å². The number of benzene rings is 1. The molecule has 5 heteroatoms. The van der Waals surface area contributed by atoms with Gasteiger partial charge < -0.3 is 10.2 Å². The van der Waals surface area contributed by atoms with Crippen molar-refractivity contribution in [3.8, 4) is 0 Å². The van der Waals surface area contributed by atoms with E-state index in [1.54, 1.807) is 6.07 Å². The number of halogens is 2. The maximum Gasteiger partial charge on any atom is 0.255 e. The maximum atomic E-state index is 12.9. The van der Waals surface area contributed by atoms with E-state index in [9.17, 15) is 4.79 Å². The molecule has 1 aromatic carbocycles. The zero-order chi connectivity index (χ0) is 14.8. The first-order valence-electron chi connectivity index (χ1n) is 7.61. The monoisotopic (exact) mass is 370 g/mol. The van der Waals surface area contributed by atoms with Crippen molar-refractivity contribution in [3.63, 3.8) is 0 Å². The molecule has 1 saturated carbocycles. The molecule has 21 heavy (non-hydrogen) atoms. The molecule has 0 radical (unpaired) electrons. The Hall–Kier alpha value is -0.580. The lowest BCUT2D eigenvalue weighted by atomic mass is 10.1. The zero-order valence-corrected chi connectivity index (χ0v) is 14.3. The van der Waals surface area contributed by atoms with Crippen LogP contribution in [0.3, 0.4) is 0 Å². The van der Waals surface area contributed by atoms with Crippen molar-refractivity contribution in [1.29, 1.82) is 0 Å². The lowest BCUT2D eigenvalue weighted by molar-refractivity contribution is 0.0733. The standard InChI is InChI=1S/C16H20BrClN2O/c17-12-5-6-15(18)14(8-12)16(21)20(9-11-3-4-11)10-13-2-1-7-19-13/h5-6,8,11,13,19H,1-4,7,9-10H2. The van der Waals surface area contributed by atoms with Crippen molar-refractivity contribution in [2.45, 2.75) is 31.7 Å². The van der Waals surface area contributed by atoms with Crippen LogP contribution in [0.25, 0.3) is 0 Å². The molecular formula is C16H20BrClN2O. The van der Waals surface area contributed by atoms with Crippen LogP contribution in [0, 0.1) is 5.92 Å². The third-order valence-corrected chi connectivity index (χ3v) is 5.05. The van der Waals surface area contributed by atoms with Gasteiger partial charge in [0, 0.05) is 23.6 Å². The van der Waals surface area contributed by atoms with E-state index >= 15 is 0 Å². The van der Waals surface area contributed by atoms with Gasteiger partial charge in [0.1, 0.15) is 0 Å². The summed E-state index contributed by atoms with van der Waals surface area (Å²) in [5, 5.41) is 4.01. The molecule has 0 spiro atoms. The van der Waals surface area contributed by atoms with Gasteiger partial charge in [0.25, 0.3) is 5.91 Å². The number of amides is 1. The summed E-state index contributed by atoms with van der Waals surface area (Å²) in [6.45, 7) is 2.71. The van der Waals surface area contributed by atoms with Crippen molar-refractivity contribution < 1.29 is 4.79 Å². The fraction of sp³-hybridized carbons (Fsp3) is 0.562. The van der Waals surface area contributed by atoms with Gasteiger partial charge in [-0.05, 0) is 56.3 Å². The van der Waals surface area contributed by atoms with Crippen LogP contribution in [0.1, 0.15) is 36.0 Å². The molecule has 1 aromatic rings. The average molecular weight is 372 g/mol. The van der Waals surface area contributed by atoms with Crippen LogP contribution in [0.4, 0.5) is 0 Å². The third-order valence-electron chi connectivity index (χ3n) is 4.22. The van der Waals surface area contributed by atoms with E-state index < -0.39 is 0 Å². The highest BCUT2D eigenvalue weighted by Gasteiger charge is 2.30. The van der Waals surface area contributed by atoms with Gasteiger partial charge in [0.15, 0.2) is 0 Å². The first-order valence-corrected chi connectivity index (χ1v) is 8.78. The summed E-state index contributed by atoms with van der Waals surface area (Å²) in [5.41, 5.74) is 0.602. The first kappa shape index (κ1) is 15.3. The van der Waals surface area contributed by atoms with Crippen LogP contribution < -0.4 is 5.32 Å². The summed E-state index contributed by atoms with van der Waals surface area (Å²) in [5.74, 6) is 0.739. The van der Waals surface area contributed by atoms with Gasteiger partial charge in [-0.15, -0.1) is 0 Å². The molecule has 1 aliphatic heterocycles. The van der Waals surface area contributed by atoms with Crippen LogP contribution in [0.2, 0.25) is 5.02 Å². The number of nitrogens with zero attached hydrogens (tertiary/aromatic N) is 1. The second-order valence-corrected chi connectivity index (χ2v) is 7.39. The minimum Gasteiger partial charge on any atom is -0.337 e. The number of hydrogen-bond acceptors (Lipinski definition) is 2. The summed E-state index contributed by atoms with van der Waals surface area (Å²) < 4.78 is 0.889. The third kappa shape index (κ3) is 3.99. The molecule has 3 nitrogen and oxygen atoms in total. The van der Waals surface area contributed by atoms with Gasteiger partial charge in [-0.2, -0.15) is 0 Å². The molecule has 1 saturated heterocycles. The predicted octanol–water partition coefficient (Wildman–Crippen LogP) is 3.71. The molecule has 0 aromatic heterocycles. The second-order valence-electron chi connectivity index (χ2n) is 6.07. The number of nitrogens with one attached hydrogen (secondary N) is 1. The molecule has 114 valence electrons. The van der Waals surface area contributed by atoms with E-state index in [-0.39, 0.29) is 5.91 Å². The van der Waals surface area contributed by atoms with Crippen molar-refractivity contribution in [3.05, 3.63) is 33.3 Å². The minimum atomic E-state index is 0.0573. The maximum absolute atomic E-state index is 12.9. The highest BCUT2D eigenvalue weighted by Crippen LogP contribution is 2.31. The van der Waals surface area contributed by atoms with E-state index in [2.05, 4.69) is 21.2 Å². The number of carbonyl (C=O) groups is 1. The fourth-order valence-corrected chi connectivity index (χ4v) is 3.42. The van der Waals surface area contributed by atoms with Gasteiger partial charge in [-0.3, -0.25) is 4.79 Å². The lowest BCUT2D eigenvalue weighted by Crippen LogP contribution is -2.42. The summed E-state index contributed by atoms with van der Waals surface area (Å²) in [6.07, 6.45) is 4.84. The highest BCUT2D eigenvalue weighted by molar-refractivity contribution is 9.10. The summed E-state index contributed by atoms with van der Waals surface area (Å²) in [4.78, 5) is 14.9. The Bertz CT molecular complexity index is 527. The van der Waals surface area contributed by atoms with Crippen LogP contribution in [0.5, 0.6) is 0 Å². The van der Waals surface area contributed by atoms with Crippen molar-refractivity contribution >= 4 is 33.4 Å². The number of rotatable bonds is 5. The van der Waals surface area contributed by atoms with E-state index in [0.717, 1.165) is 30.5 Å². The Balaban J connectivity index is 1.76. The van der Waals surface area contributed by atoms with Gasteiger partial charge in [0.05, 0.1) is 10.6 Å².